The van der Waals surface area contributed by atoms with Gasteiger partial charge in [0.1, 0.15) is 5.52 Å². The highest BCUT2D eigenvalue weighted by atomic mass is 16.7. The first-order valence-electron chi connectivity index (χ1n) is 9.00. The van der Waals surface area contributed by atoms with Gasteiger partial charge in [0.25, 0.3) is 11.9 Å². The van der Waals surface area contributed by atoms with Gasteiger partial charge < -0.3 is 14.8 Å². The van der Waals surface area contributed by atoms with Crippen LogP contribution in [-0.2, 0) is 6.54 Å². The fourth-order valence-electron chi connectivity index (χ4n) is 4.25. The average molecular weight is 370 g/mol. The molecule has 0 unspecified atom stereocenters. The molecule has 5 aromatic rings. The van der Waals surface area contributed by atoms with Gasteiger partial charge in [-0.1, -0.05) is 22.6 Å². The Morgan fingerprint density at radius 3 is 2.75 bits per heavy atom. The molecule has 0 amide bonds. The maximum atomic E-state index is 9.37. The quantitative estimate of drug-likeness (QED) is 0.272. The van der Waals surface area contributed by atoms with Gasteiger partial charge in [0.05, 0.1) is 5.56 Å². The van der Waals surface area contributed by atoms with Crippen LogP contribution >= 0.6 is 0 Å². The summed E-state index contributed by atoms with van der Waals surface area (Å²) in [6.45, 7) is 0.728. The monoisotopic (exact) mass is 370 g/mol. The molecular formula is C20H15BN4O3+2. The highest BCUT2D eigenvalue weighted by Gasteiger charge is 2.40. The maximum absolute atomic E-state index is 9.37. The number of pyridine rings is 3. The lowest BCUT2D eigenvalue weighted by molar-refractivity contribution is -0.680. The Labute approximate surface area is 159 Å². The molecule has 0 aliphatic carbocycles. The van der Waals surface area contributed by atoms with Gasteiger partial charge >= 0.3 is 13.0 Å². The summed E-state index contributed by atoms with van der Waals surface area (Å²) in [5.74, 6) is 0. The highest BCUT2D eigenvalue weighted by molar-refractivity contribution is 6.33. The summed E-state index contributed by atoms with van der Waals surface area (Å²) >= 11 is 0. The Balaban J connectivity index is 1.82. The van der Waals surface area contributed by atoms with Crippen LogP contribution < -0.4 is 13.7 Å². The van der Waals surface area contributed by atoms with Gasteiger partial charge in [-0.05, 0) is 24.3 Å². The number of rotatable bonds is 3. The Morgan fingerprint density at radius 1 is 1.07 bits per heavy atom. The summed E-state index contributed by atoms with van der Waals surface area (Å²) in [6.07, 6.45) is 5.57. The van der Waals surface area contributed by atoms with Crippen molar-refractivity contribution in [2.45, 2.75) is 6.54 Å². The third-order valence-electron chi connectivity index (χ3n) is 5.32. The Kier molecular flexibility index (Phi) is 3.06. The van der Waals surface area contributed by atoms with Crippen molar-refractivity contribution in [3.8, 4) is 11.3 Å². The first-order chi connectivity index (χ1) is 13.7. The lowest BCUT2D eigenvalue weighted by Crippen LogP contribution is -2.35. The molecule has 0 bridgehead atoms. The molecule has 1 aromatic carbocycles. The van der Waals surface area contributed by atoms with E-state index in [0.717, 1.165) is 50.9 Å². The van der Waals surface area contributed by atoms with Crippen molar-refractivity contribution in [1.29, 1.82) is 0 Å². The average Bonchev–Trinajstić information content (AvgIpc) is 3.27. The van der Waals surface area contributed by atoms with Crippen LogP contribution in [0, 0.1) is 0 Å². The number of aromatic nitrogens is 4. The van der Waals surface area contributed by atoms with E-state index in [1.807, 2.05) is 36.4 Å². The SMILES string of the molecule is OB(O)On1ccc2c3c1c1ncccc1[n+]1cc(-c4ccccc4)[n+](c31)C2. The highest BCUT2D eigenvalue weighted by Crippen LogP contribution is 2.31. The molecule has 0 radical (unpaired) electrons. The summed E-state index contributed by atoms with van der Waals surface area (Å²) in [5.41, 5.74) is 6.80. The molecule has 8 heteroatoms. The fraction of sp³-hybridized carbons (Fsp3) is 0.0500. The third-order valence-corrected chi connectivity index (χ3v) is 5.32. The van der Waals surface area contributed by atoms with E-state index in [4.69, 9.17) is 4.76 Å². The van der Waals surface area contributed by atoms with Gasteiger partial charge in [-0.2, -0.15) is 0 Å². The number of nitrogens with zero attached hydrogens (tertiary/aromatic N) is 4. The van der Waals surface area contributed by atoms with Gasteiger partial charge in [0.2, 0.25) is 5.52 Å². The molecule has 6 rings (SSSR count). The summed E-state index contributed by atoms with van der Waals surface area (Å²) < 4.78 is 11.0. The Morgan fingerprint density at radius 2 is 1.93 bits per heavy atom. The minimum absolute atomic E-state index is 0.720. The normalized spacial score (nSPS) is 12.5. The largest absolute Gasteiger partial charge is 0.728 e. The zero-order valence-corrected chi connectivity index (χ0v) is 14.7. The van der Waals surface area contributed by atoms with Crippen molar-refractivity contribution in [3.63, 3.8) is 0 Å². The molecule has 0 saturated carbocycles. The first kappa shape index (κ1) is 15.6. The van der Waals surface area contributed by atoms with Crippen LogP contribution in [0.25, 0.3) is 38.8 Å². The van der Waals surface area contributed by atoms with Gasteiger partial charge in [-0.3, -0.25) is 0 Å². The second kappa shape index (κ2) is 5.51. The number of hydrogen-bond donors (Lipinski definition) is 2. The molecule has 0 saturated heterocycles. The number of fused-ring (bicyclic) bond motifs is 3. The molecule has 5 heterocycles. The van der Waals surface area contributed by atoms with Gasteiger partial charge in [0, 0.05) is 24.0 Å². The lowest BCUT2D eigenvalue weighted by Gasteiger charge is -2.11. The van der Waals surface area contributed by atoms with Crippen LogP contribution in [0.2, 0.25) is 0 Å². The van der Waals surface area contributed by atoms with E-state index in [1.165, 1.54) is 4.73 Å². The van der Waals surface area contributed by atoms with Crippen LogP contribution in [0.4, 0.5) is 0 Å². The predicted molar refractivity (Wildman–Crippen MR) is 102 cm³/mol. The molecule has 2 N–H and O–H groups in total. The second-order valence-corrected chi connectivity index (χ2v) is 6.85. The van der Waals surface area contributed by atoms with Gasteiger partial charge in [-0.25, -0.2) is 9.71 Å². The van der Waals surface area contributed by atoms with Crippen molar-refractivity contribution in [3.05, 3.63) is 72.7 Å². The molecule has 28 heavy (non-hydrogen) atoms. The maximum Gasteiger partial charge on any atom is 0.728 e. The predicted octanol–water partition coefficient (Wildman–Crippen LogP) is 0.642. The van der Waals surface area contributed by atoms with Crippen molar-refractivity contribution in [1.82, 2.24) is 9.71 Å². The Hall–Kier alpha value is -3.49. The molecule has 0 fully saturated rings. The zero-order chi connectivity index (χ0) is 18.8. The fourth-order valence-corrected chi connectivity index (χ4v) is 4.25. The van der Waals surface area contributed by atoms with E-state index in [0.29, 0.717) is 0 Å². The summed E-state index contributed by atoms with van der Waals surface area (Å²) in [7, 11) is -1.92. The number of imidazole rings is 1. The van der Waals surface area contributed by atoms with E-state index in [2.05, 4.69) is 32.3 Å². The molecule has 1 aliphatic rings. The molecular weight excluding hydrogens is 355 g/mol. The minimum Gasteiger partial charge on any atom is -0.421 e. The van der Waals surface area contributed by atoms with Crippen molar-refractivity contribution < 1.29 is 23.8 Å². The van der Waals surface area contributed by atoms with Crippen LogP contribution in [0.15, 0.2) is 67.1 Å². The van der Waals surface area contributed by atoms with E-state index in [1.54, 1.807) is 12.4 Å². The van der Waals surface area contributed by atoms with E-state index in [-0.39, 0.29) is 0 Å². The van der Waals surface area contributed by atoms with E-state index >= 15 is 0 Å². The lowest BCUT2D eigenvalue weighted by atomic mass is 10.1. The van der Waals surface area contributed by atoms with Crippen LogP contribution in [-0.4, -0.2) is 27.1 Å². The van der Waals surface area contributed by atoms with Crippen LogP contribution in [0.1, 0.15) is 5.56 Å². The molecule has 7 nitrogen and oxygen atoms in total. The number of hydrogen-bond acceptors (Lipinski definition) is 4. The third kappa shape index (κ3) is 1.98. The molecule has 0 atom stereocenters. The van der Waals surface area contributed by atoms with Gasteiger partial charge in [0.15, 0.2) is 17.4 Å². The topological polar surface area (TPSA) is 75.5 Å². The number of benzene rings is 1. The summed E-state index contributed by atoms with van der Waals surface area (Å²) in [4.78, 5) is 4.58. The van der Waals surface area contributed by atoms with E-state index < -0.39 is 7.32 Å². The summed E-state index contributed by atoms with van der Waals surface area (Å²) in [6, 6.07) is 16.1. The van der Waals surface area contributed by atoms with Crippen molar-refractivity contribution >= 4 is 34.9 Å². The van der Waals surface area contributed by atoms with E-state index in [9.17, 15) is 10.0 Å². The zero-order valence-electron chi connectivity index (χ0n) is 14.7. The minimum atomic E-state index is -1.92. The molecule has 134 valence electrons. The van der Waals surface area contributed by atoms with Gasteiger partial charge in [-0.15, -0.1) is 4.57 Å². The second-order valence-electron chi connectivity index (χ2n) is 6.85. The smallest absolute Gasteiger partial charge is 0.421 e. The Bertz CT molecular complexity index is 1400. The van der Waals surface area contributed by atoms with Crippen molar-refractivity contribution in [2.24, 2.45) is 0 Å². The van der Waals surface area contributed by atoms with Crippen molar-refractivity contribution in [2.75, 3.05) is 0 Å². The molecule has 1 aliphatic heterocycles. The van der Waals surface area contributed by atoms with Crippen LogP contribution in [0.5, 0.6) is 0 Å². The molecule has 4 aromatic heterocycles. The standard InChI is InChI=1S/C20H15BN4O3/c26-21(27)28-25-10-8-14-11-23-16(13-5-2-1-3-6-13)12-24-15-7-4-9-22-18(15)19(25)17(14)20(23)24/h1-10,12,26-27H,11H2/q+2. The molecule has 0 spiro atoms. The summed E-state index contributed by atoms with van der Waals surface area (Å²) in [5, 5.41) is 19.7. The van der Waals surface area contributed by atoms with Crippen LogP contribution in [0.3, 0.4) is 0 Å². The first-order valence-corrected chi connectivity index (χ1v) is 9.00.